The van der Waals surface area contributed by atoms with Crippen molar-refractivity contribution in [3.8, 4) is 0 Å². The first-order chi connectivity index (χ1) is 10.9. The number of ketones is 1. The summed E-state index contributed by atoms with van der Waals surface area (Å²) in [6.07, 6.45) is 1.65. The standard InChI is InChI=1S/C15H17N5O2S/c1-3-20-8-12(13(19-20)14(16)22)18-15(23)17-11-6-4-5-10(7-11)9(2)21/h4-8H,3H2,1-2H3,(H2,16,22)(H2,17,18,23). The monoisotopic (exact) mass is 331 g/mol. The number of benzene rings is 1. The number of carbonyl (C=O) groups excluding carboxylic acids is 2. The predicted molar refractivity (Wildman–Crippen MR) is 92.7 cm³/mol. The molecule has 4 N–H and O–H groups in total. The van der Waals surface area contributed by atoms with Crippen molar-refractivity contribution in [1.29, 1.82) is 0 Å². The predicted octanol–water partition coefficient (Wildman–Crippen LogP) is 2.01. The fraction of sp³-hybridized carbons (Fsp3) is 0.200. The van der Waals surface area contributed by atoms with Crippen molar-refractivity contribution in [2.24, 2.45) is 5.73 Å². The Morgan fingerprint density at radius 2 is 2.09 bits per heavy atom. The second kappa shape index (κ2) is 7.01. The Kier molecular flexibility index (Phi) is 5.07. The zero-order valence-corrected chi connectivity index (χ0v) is 13.6. The molecule has 1 aromatic heterocycles. The molecular weight excluding hydrogens is 314 g/mol. The number of nitrogens with one attached hydrogen (secondary N) is 2. The van der Waals surface area contributed by atoms with Crippen LogP contribution in [0.2, 0.25) is 0 Å². The number of hydrogen-bond donors (Lipinski definition) is 3. The van der Waals surface area contributed by atoms with Gasteiger partial charge in [0.1, 0.15) is 0 Å². The molecule has 0 bridgehead atoms. The zero-order valence-electron chi connectivity index (χ0n) is 12.8. The van der Waals surface area contributed by atoms with E-state index in [-0.39, 0.29) is 16.6 Å². The van der Waals surface area contributed by atoms with Gasteiger partial charge in [-0.15, -0.1) is 0 Å². The highest BCUT2D eigenvalue weighted by molar-refractivity contribution is 7.80. The lowest BCUT2D eigenvalue weighted by Crippen LogP contribution is -2.22. The molecule has 0 saturated carbocycles. The third-order valence-corrected chi connectivity index (χ3v) is 3.30. The van der Waals surface area contributed by atoms with Gasteiger partial charge in [-0.1, -0.05) is 12.1 Å². The maximum absolute atomic E-state index is 11.4. The average molecular weight is 331 g/mol. The summed E-state index contributed by atoms with van der Waals surface area (Å²) in [6, 6.07) is 6.96. The summed E-state index contributed by atoms with van der Waals surface area (Å²) in [5.41, 5.74) is 7.10. The van der Waals surface area contributed by atoms with Gasteiger partial charge in [-0.05, 0) is 38.2 Å². The second-order valence-electron chi connectivity index (χ2n) is 4.83. The van der Waals surface area contributed by atoms with Gasteiger partial charge in [-0.25, -0.2) is 0 Å². The van der Waals surface area contributed by atoms with E-state index in [1.165, 1.54) is 6.92 Å². The summed E-state index contributed by atoms with van der Waals surface area (Å²) in [5, 5.41) is 10.2. The van der Waals surface area contributed by atoms with Gasteiger partial charge >= 0.3 is 0 Å². The molecular formula is C15H17N5O2S. The number of Topliss-reactive ketones (excluding diaryl/α,β-unsaturated/α-hetero) is 1. The van der Waals surface area contributed by atoms with E-state index in [1.54, 1.807) is 35.1 Å². The lowest BCUT2D eigenvalue weighted by Gasteiger charge is -2.10. The summed E-state index contributed by atoms with van der Waals surface area (Å²) < 4.78 is 1.58. The van der Waals surface area contributed by atoms with E-state index in [2.05, 4.69) is 15.7 Å². The van der Waals surface area contributed by atoms with Crippen LogP contribution in [0.1, 0.15) is 34.7 Å². The van der Waals surface area contributed by atoms with Gasteiger partial charge in [0.05, 0.1) is 5.69 Å². The second-order valence-corrected chi connectivity index (χ2v) is 5.24. The van der Waals surface area contributed by atoms with Crippen LogP contribution < -0.4 is 16.4 Å². The number of aromatic nitrogens is 2. The number of carbonyl (C=O) groups is 2. The molecule has 0 unspecified atom stereocenters. The maximum atomic E-state index is 11.4. The normalized spacial score (nSPS) is 10.2. The van der Waals surface area contributed by atoms with E-state index < -0.39 is 5.91 Å². The minimum atomic E-state index is -0.638. The first-order valence-corrected chi connectivity index (χ1v) is 7.37. The molecule has 0 aliphatic carbocycles. The number of amides is 1. The van der Waals surface area contributed by atoms with Crippen LogP contribution in [0, 0.1) is 0 Å². The molecule has 0 atom stereocenters. The average Bonchev–Trinajstić information content (AvgIpc) is 2.90. The first-order valence-electron chi connectivity index (χ1n) is 6.97. The van der Waals surface area contributed by atoms with Crippen molar-refractivity contribution in [3.63, 3.8) is 0 Å². The van der Waals surface area contributed by atoms with Crippen LogP contribution in [0.15, 0.2) is 30.5 Å². The molecule has 0 aliphatic heterocycles. The van der Waals surface area contributed by atoms with Gasteiger partial charge in [0.2, 0.25) is 0 Å². The Balaban J connectivity index is 2.14. The highest BCUT2D eigenvalue weighted by Gasteiger charge is 2.14. The Morgan fingerprint density at radius 3 is 2.70 bits per heavy atom. The molecule has 8 heteroatoms. The zero-order chi connectivity index (χ0) is 17.0. The number of primary amides is 1. The number of nitrogens with zero attached hydrogens (tertiary/aromatic N) is 2. The van der Waals surface area contributed by atoms with Crippen molar-refractivity contribution < 1.29 is 9.59 Å². The van der Waals surface area contributed by atoms with Crippen molar-refractivity contribution in [2.45, 2.75) is 20.4 Å². The molecule has 1 aromatic carbocycles. The molecule has 0 fully saturated rings. The summed E-state index contributed by atoms with van der Waals surface area (Å²) in [7, 11) is 0. The maximum Gasteiger partial charge on any atom is 0.271 e. The van der Waals surface area contributed by atoms with E-state index in [9.17, 15) is 9.59 Å². The SMILES string of the molecule is CCn1cc(NC(=S)Nc2cccc(C(C)=O)c2)c(C(N)=O)n1. The van der Waals surface area contributed by atoms with E-state index in [0.29, 0.717) is 23.5 Å². The fourth-order valence-corrected chi connectivity index (χ4v) is 2.19. The van der Waals surface area contributed by atoms with Crippen LogP contribution in [-0.2, 0) is 6.54 Å². The Morgan fingerprint density at radius 1 is 1.35 bits per heavy atom. The van der Waals surface area contributed by atoms with E-state index in [4.69, 9.17) is 18.0 Å². The Hall–Kier alpha value is -2.74. The molecule has 0 spiro atoms. The third-order valence-electron chi connectivity index (χ3n) is 3.09. The largest absolute Gasteiger partial charge is 0.364 e. The molecule has 0 aliphatic rings. The number of rotatable bonds is 5. The van der Waals surface area contributed by atoms with Crippen LogP contribution in [-0.4, -0.2) is 26.6 Å². The lowest BCUT2D eigenvalue weighted by molar-refractivity contribution is 0.0992. The number of aryl methyl sites for hydroxylation is 1. The van der Waals surface area contributed by atoms with Gasteiger partial charge in [-0.3, -0.25) is 14.3 Å². The van der Waals surface area contributed by atoms with Crippen LogP contribution in [0.5, 0.6) is 0 Å². The van der Waals surface area contributed by atoms with Gasteiger partial charge in [0.25, 0.3) is 5.91 Å². The van der Waals surface area contributed by atoms with Gasteiger partial charge in [0, 0.05) is 24.0 Å². The smallest absolute Gasteiger partial charge is 0.271 e. The van der Waals surface area contributed by atoms with Crippen LogP contribution in [0.4, 0.5) is 11.4 Å². The topological polar surface area (TPSA) is 102 Å². The van der Waals surface area contributed by atoms with Gasteiger partial charge < -0.3 is 16.4 Å². The Labute approximate surface area is 138 Å². The third kappa shape index (κ3) is 4.13. The van der Waals surface area contributed by atoms with E-state index >= 15 is 0 Å². The minimum Gasteiger partial charge on any atom is -0.364 e. The molecule has 120 valence electrons. The Bertz CT molecular complexity index is 769. The van der Waals surface area contributed by atoms with Crippen molar-refractivity contribution in [1.82, 2.24) is 9.78 Å². The van der Waals surface area contributed by atoms with Gasteiger partial charge in [0.15, 0.2) is 16.6 Å². The summed E-state index contributed by atoms with van der Waals surface area (Å²) in [4.78, 5) is 22.8. The molecule has 0 radical (unpaired) electrons. The summed E-state index contributed by atoms with van der Waals surface area (Å²) >= 11 is 5.22. The van der Waals surface area contributed by atoms with E-state index in [0.717, 1.165) is 0 Å². The number of hydrogen-bond acceptors (Lipinski definition) is 4. The lowest BCUT2D eigenvalue weighted by atomic mass is 10.1. The quantitative estimate of drug-likeness (QED) is 0.572. The molecule has 23 heavy (non-hydrogen) atoms. The molecule has 1 heterocycles. The summed E-state index contributed by atoms with van der Waals surface area (Å²) in [6.45, 7) is 3.99. The van der Waals surface area contributed by atoms with Crippen LogP contribution >= 0.6 is 12.2 Å². The highest BCUT2D eigenvalue weighted by atomic mass is 32.1. The van der Waals surface area contributed by atoms with Crippen LogP contribution in [0.3, 0.4) is 0 Å². The fourth-order valence-electron chi connectivity index (χ4n) is 1.96. The molecule has 7 nitrogen and oxygen atoms in total. The van der Waals surface area contributed by atoms with Crippen molar-refractivity contribution >= 4 is 40.4 Å². The van der Waals surface area contributed by atoms with Crippen molar-refractivity contribution in [2.75, 3.05) is 10.6 Å². The molecule has 1 amide bonds. The van der Waals surface area contributed by atoms with Gasteiger partial charge in [-0.2, -0.15) is 5.10 Å². The van der Waals surface area contributed by atoms with Crippen molar-refractivity contribution in [3.05, 3.63) is 41.7 Å². The molecule has 2 aromatic rings. The first kappa shape index (κ1) is 16.6. The van der Waals surface area contributed by atoms with Crippen LogP contribution in [0.25, 0.3) is 0 Å². The minimum absolute atomic E-state index is 0.0345. The molecule has 0 saturated heterocycles. The number of thiocarbonyl (C=S) groups is 1. The van der Waals surface area contributed by atoms with E-state index in [1.807, 2.05) is 6.92 Å². The number of anilines is 2. The summed E-state index contributed by atoms with van der Waals surface area (Å²) in [5.74, 6) is -0.672. The molecule has 2 rings (SSSR count). The number of nitrogens with two attached hydrogens (primary N) is 1. The highest BCUT2D eigenvalue weighted by Crippen LogP contribution is 2.15.